The molecule has 1 saturated carbocycles. The molecule has 1 aliphatic carbocycles. The maximum atomic E-state index is 9.35. The van der Waals surface area contributed by atoms with Crippen LogP contribution in [0.5, 0.6) is 0 Å². The van der Waals surface area contributed by atoms with E-state index in [4.69, 9.17) is 0 Å². The smallest absolute Gasteiger partial charge is 0.111 e. The van der Waals surface area contributed by atoms with E-state index < -0.39 is 6.10 Å². The minimum absolute atomic E-state index is 0.433. The Kier molecular flexibility index (Phi) is 3.02. The molecular formula is C10H18N4O. The number of aliphatic hydroxyl groups is 1. The highest BCUT2D eigenvalue weighted by atomic mass is 16.3. The van der Waals surface area contributed by atoms with Crippen LogP contribution in [0.4, 0.5) is 0 Å². The Morgan fingerprint density at radius 3 is 2.93 bits per heavy atom. The van der Waals surface area contributed by atoms with Gasteiger partial charge >= 0.3 is 0 Å². The number of nitrogens with zero attached hydrogens (tertiary/aromatic N) is 3. The van der Waals surface area contributed by atoms with Crippen molar-refractivity contribution in [3.8, 4) is 0 Å². The van der Waals surface area contributed by atoms with Gasteiger partial charge in [0.25, 0.3) is 0 Å². The molecule has 0 aromatic carbocycles. The molecular weight excluding hydrogens is 192 g/mol. The quantitative estimate of drug-likeness (QED) is 0.768. The fourth-order valence-electron chi connectivity index (χ4n) is 2.12. The van der Waals surface area contributed by atoms with Crippen LogP contribution in [0.2, 0.25) is 0 Å². The summed E-state index contributed by atoms with van der Waals surface area (Å²) < 4.78 is 1.89. The summed E-state index contributed by atoms with van der Waals surface area (Å²) in [5, 5.41) is 20.7. The highest BCUT2D eigenvalue weighted by Crippen LogP contribution is 2.29. The molecule has 1 aromatic rings. The Balaban J connectivity index is 2.04. The average Bonchev–Trinajstić information content (AvgIpc) is 2.86. The lowest BCUT2D eigenvalue weighted by Gasteiger charge is -2.10. The molecule has 84 valence electrons. The van der Waals surface area contributed by atoms with Crippen LogP contribution in [0.25, 0.3) is 0 Å². The van der Waals surface area contributed by atoms with Crippen molar-refractivity contribution < 1.29 is 5.11 Å². The lowest BCUT2D eigenvalue weighted by Crippen LogP contribution is -2.21. The lowest BCUT2D eigenvalue weighted by molar-refractivity contribution is 0.194. The van der Waals surface area contributed by atoms with Crippen molar-refractivity contribution in [2.75, 3.05) is 7.05 Å². The van der Waals surface area contributed by atoms with Gasteiger partial charge in [0.05, 0.1) is 18.3 Å². The fourth-order valence-corrected chi connectivity index (χ4v) is 2.12. The van der Waals surface area contributed by atoms with Crippen molar-refractivity contribution >= 4 is 0 Å². The van der Waals surface area contributed by atoms with Crippen LogP contribution in [-0.2, 0) is 0 Å². The van der Waals surface area contributed by atoms with Gasteiger partial charge in [0, 0.05) is 6.04 Å². The van der Waals surface area contributed by atoms with Crippen LogP contribution in [0.3, 0.4) is 0 Å². The summed E-state index contributed by atoms with van der Waals surface area (Å²) in [6.45, 7) is 1.71. The molecule has 1 aromatic heterocycles. The van der Waals surface area contributed by atoms with Crippen LogP contribution < -0.4 is 5.32 Å². The van der Waals surface area contributed by atoms with Gasteiger partial charge in [-0.1, -0.05) is 5.21 Å². The number of hydrogen-bond donors (Lipinski definition) is 2. The van der Waals surface area contributed by atoms with Crippen molar-refractivity contribution in [2.45, 2.75) is 44.4 Å². The molecule has 0 amide bonds. The SMILES string of the molecule is CN[C@@H]1CC[C@H](n2cc(C(C)O)nn2)C1. The maximum Gasteiger partial charge on any atom is 0.111 e. The van der Waals surface area contributed by atoms with E-state index in [0.29, 0.717) is 17.8 Å². The molecule has 0 bridgehead atoms. The second kappa shape index (κ2) is 4.28. The molecule has 1 fully saturated rings. The average molecular weight is 210 g/mol. The second-order valence-electron chi connectivity index (χ2n) is 4.25. The number of rotatable bonds is 3. The molecule has 0 aliphatic heterocycles. The normalized spacial score (nSPS) is 28.2. The van der Waals surface area contributed by atoms with E-state index in [2.05, 4.69) is 15.6 Å². The Morgan fingerprint density at radius 2 is 2.40 bits per heavy atom. The van der Waals surface area contributed by atoms with Gasteiger partial charge in [0.2, 0.25) is 0 Å². The van der Waals surface area contributed by atoms with Gasteiger partial charge in [-0.2, -0.15) is 0 Å². The van der Waals surface area contributed by atoms with E-state index in [0.717, 1.165) is 12.8 Å². The Bertz CT molecular complexity index is 323. The summed E-state index contributed by atoms with van der Waals surface area (Å²) in [7, 11) is 2.00. The topological polar surface area (TPSA) is 63.0 Å². The Labute approximate surface area is 89.5 Å². The zero-order chi connectivity index (χ0) is 10.8. The fraction of sp³-hybridized carbons (Fsp3) is 0.800. The molecule has 3 atom stereocenters. The zero-order valence-electron chi connectivity index (χ0n) is 9.22. The molecule has 0 spiro atoms. The highest BCUT2D eigenvalue weighted by Gasteiger charge is 2.25. The van der Waals surface area contributed by atoms with Crippen molar-refractivity contribution in [1.29, 1.82) is 0 Å². The van der Waals surface area contributed by atoms with Crippen LogP contribution in [-0.4, -0.2) is 33.2 Å². The molecule has 5 heteroatoms. The van der Waals surface area contributed by atoms with Gasteiger partial charge < -0.3 is 10.4 Å². The molecule has 1 aliphatic rings. The van der Waals surface area contributed by atoms with Crippen molar-refractivity contribution in [3.05, 3.63) is 11.9 Å². The highest BCUT2D eigenvalue weighted by molar-refractivity contribution is 4.97. The van der Waals surface area contributed by atoms with Gasteiger partial charge in [0.15, 0.2) is 0 Å². The van der Waals surface area contributed by atoms with Gasteiger partial charge in [-0.3, -0.25) is 0 Å². The van der Waals surface area contributed by atoms with Gasteiger partial charge in [-0.25, -0.2) is 4.68 Å². The standard InChI is InChI=1S/C10H18N4O/c1-7(15)10-6-14(13-12-10)9-4-3-8(5-9)11-2/h6-9,11,15H,3-5H2,1-2H3/t7?,8-,9+/m1/s1. The first-order valence-electron chi connectivity index (χ1n) is 5.47. The monoisotopic (exact) mass is 210 g/mol. The summed E-state index contributed by atoms with van der Waals surface area (Å²) in [4.78, 5) is 0. The Morgan fingerprint density at radius 1 is 1.60 bits per heavy atom. The van der Waals surface area contributed by atoms with E-state index in [1.807, 2.05) is 17.9 Å². The second-order valence-corrected chi connectivity index (χ2v) is 4.25. The summed E-state index contributed by atoms with van der Waals surface area (Å²) in [6.07, 6.45) is 4.74. The first-order chi connectivity index (χ1) is 7.20. The van der Waals surface area contributed by atoms with Crippen molar-refractivity contribution in [3.63, 3.8) is 0 Å². The van der Waals surface area contributed by atoms with Crippen molar-refractivity contribution in [2.24, 2.45) is 0 Å². The number of aromatic nitrogens is 3. The number of hydrogen-bond acceptors (Lipinski definition) is 4. The van der Waals surface area contributed by atoms with Crippen LogP contribution in [0, 0.1) is 0 Å². The van der Waals surface area contributed by atoms with Gasteiger partial charge in [-0.05, 0) is 33.2 Å². The molecule has 0 radical (unpaired) electrons. The van der Waals surface area contributed by atoms with E-state index in [9.17, 15) is 5.11 Å². The summed E-state index contributed by atoms with van der Waals surface area (Å²) >= 11 is 0. The predicted molar refractivity (Wildman–Crippen MR) is 56.4 cm³/mol. The first-order valence-corrected chi connectivity index (χ1v) is 5.47. The van der Waals surface area contributed by atoms with Crippen LogP contribution in [0.1, 0.15) is 44.0 Å². The molecule has 1 unspecified atom stereocenters. The molecule has 2 N–H and O–H groups in total. The van der Waals surface area contributed by atoms with Crippen molar-refractivity contribution in [1.82, 2.24) is 20.3 Å². The van der Waals surface area contributed by atoms with Gasteiger partial charge in [-0.15, -0.1) is 5.10 Å². The summed E-state index contributed by atoms with van der Waals surface area (Å²) in [5.41, 5.74) is 0.655. The minimum Gasteiger partial charge on any atom is -0.387 e. The van der Waals surface area contributed by atoms with E-state index in [1.165, 1.54) is 6.42 Å². The van der Waals surface area contributed by atoms with E-state index in [1.54, 1.807) is 6.92 Å². The summed E-state index contributed by atoms with van der Waals surface area (Å²) in [5.74, 6) is 0. The zero-order valence-corrected chi connectivity index (χ0v) is 9.22. The molecule has 2 rings (SSSR count). The number of nitrogens with one attached hydrogen (secondary N) is 1. The number of aliphatic hydroxyl groups excluding tert-OH is 1. The third-order valence-corrected chi connectivity index (χ3v) is 3.14. The minimum atomic E-state index is -0.528. The molecule has 15 heavy (non-hydrogen) atoms. The van der Waals surface area contributed by atoms with Crippen LogP contribution in [0.15, 0.2) is 6.20 Å². The third-order valence-electron chi connectivity index (χ3n) is 3.14. The Hall–Kier alpha value is -0.940. The predicted octanol–water partition coefficient (Wildman–Crippen LogP) is 0.644. The lowest BCUT2D eigenvalue weighted by atomic mass is 10.2. The van der Waals surface area contributed by atoms with E-state index >= 15 is 0 Å². The van der Waals surface area contributed by atoms with Gasteiger partial charge in [0.1, 0.15) is 5.69 Å². The first kappa shape index (κ1) is 10.6. The molecule has 0 saturated heterocycles. The van der Waals surface area contributed by atoms with Crippen LogP contribution >= 0.6 is 0 Å². The maximum absolute atomic E-state index is 9.35. The largest absolute Gasteiger partial charge is 0.387 e. The third kappa shape index (κ3) is 2.18. The molecule has 5 nitrogen and oxygen atoms in total. The van der Waals surface area contributed by atoms with E-state index in [-0.39, 0.29) is 0 Å². The molecule has 1 heterocycles. The summed E-state index contributed by atoms with van der Waals surface area (Å²) in [6, 6.07) is 1.02.